The van der Waals surface area contributed by atoms with E-state index in [0.29, 0.717) is 35.4 Å². The molecular formula is C20H24F3N5S. The van der Waals surface area contributed by atoms with Crippen molar-refractivity contribution in [2.24, 2.45) is 5.92 Å². The van der Waals surface area contributed by atoms with Gasteiger partial charge in [-0.1, -0.05) is 0 Å². The molecular weight excluding hydrogens is 399 g/mol. The van der Waals surface area contributed by atoms with Crippen molar-refractivity contribution in [2.75, 3.05) is 13.1 Å². The summed E-state index contributed by atoms with van der Waals surface area (Å²) in [6.07, 6.45) is 2.84. The van der Waals surface area contributed by atoms with Crippen LogP contribution in [0.4, 0.5) is 13.2 Å². The molecule has 1 fully saturated rings. The van der Waals surface area contributed by atoms with E-state index in [-0.39, 0.29) is 5.69 Å². The molecule has 0 bridgehead atoms. The van der Waals surface area contributed by atoms with Crippen molar-refractivity contribution in [2.45, 2.75) is 57.3 Å². The molecule has 0 aromatic carbocycles. The minimum absolute atomic E-state index is 0.119. The molecule has 2 aliphatic heterocycles. The number of hydrogen-bond acceptors (Lipinski definition) is 5. The Hall–Kier alpha value is -1.87. The van der Waals surface area contributed by atoms with Crippen molar-refractivity contribution in [1.82, 2.24) is 25.2 Å². The largest absolute Gasteiger partial charge is 0.414 e. The van der Waals surface area contributed by atoms with Crippen molar-refractivity contribution in [3.8, 4) is 10.8 Å². The van der Waals surface area contributed by atoms with Gasteiger partial charge in [0.25, 0.3) is 0 Å². The highest BCUT2D eigenvalue weighted by molar-refractivity contribution is 7.13. The summed E-state index contributed by atoms with van der Waals surface area (Å²) >= 11 is 1.43. The van der Waals surface area contributed by atoms with Crippen LogP contribution in [-0.4, -0.2) is 33.8 Å². The van der Waals surface area contributed by atoms with Crippen molar-refractivity contribution < 1.29 is 13.2 Å². The van der Waals surface area contributed by atoms with Crippen molar-refractivity contribution >= 4 is 16.9 Å². The SMILES string of the molecule is FC(F)(F)C1NC2=C(CCC2)c2c1nc(-c1nccs1)n2CCC1CCNCC1. The number of allylic oxidation sites excluding steroid dienone is 2. The smallest absolute Gasteiger partial charge is 0.372 e. The maximum Gasteiger partial charge on any atom is 0.414 e. The Kier molecular flexibility index (Phi) is 4.90. The van der Waals surface area contributed by atoms with Gasteiger partial charge in [-0.05, 0) is 63.1 Å². The second-order valence-electron chi connectivity index (χ2n) is 8.07. The van der Waals surface area contributed by atoms with Crippen LogP contribution in [0.2, 0.25) is 0 Å². The lowest BCUT2D eigenvalue weighted by atomic mass is 9.94. The average molecular weight is 424 g/mol. The van der Waals surface area contributed by atoms with Crippen LogP contribution in [-0.2, 0) is 6.54 Å². The summed E-state index contributed by atoms with van der Waals surface area (Å²) in [4.78, 5) is 8.91. The molecule has 0 spiro atoms. The highest BCUT2D eigenvalue weighted by atomic mass is 32.1. The van der Waals surface area contributed by atoms with Gasteiger partial charge in [-0.15, -0.1) is 11.3 Å². The molecule has 0 amide bonds. The third-order valence-corrected chi connectivity index (χ3v) is 7.03. The van der Waals surface area contributed by atoms with E-state index in [4.69, 9.17) is 0 Å². The van der Waals surface area contributed by atoms with Crippen LogP contribution in [0.25, 0.3) is 16.4 Å². The van der Waals surface area contributed by atoms with Crippen LogP contribution in [0.5, 0.6) is 0 Å². The minimum atomic E-state index is -4.38. The Labute approximate surface area is 171 Å². The number of thiazole rings is 1. The zero-order valence-corrected chi connectivity index (χ0v) is 16.9. The summed E-state index contributed by atoms with van der Waals surface area (Å²) in [7, 11) is 0. The van der Waals surface area contributed by atoms with E-state index < -0.39 is 12.2 Å². The van der Waals surface area contributed by atoms with Crippen LogP contribution >= 0.6 is 11.3 Å². The van der Waals surface area contributed by atoms with Crippen molar-refractivity contribution in [3.63, 3.8) is 0 Å². The molecule has 1 saturated heterocycles. The van der Waals surface area contributed by atoms with Crippen LogP contribution in [0.3, 0.4) is 0 Å². The van der Waals surface area contributed by atoms with Gasteiger partial charge in [-0.25, -0.2) is 9.97 Å². The van der Waals surface area contributed by atoms with Gasteiger partial charge < -0.3 is 15.2 Å². The van der Waals surface area contributed by atoms with Gasteiger partial charge in [0, 0.05) is 23.8 Å². The molecule has 156 valence electrons. The lowest BCUT2D eigenvalue weighted by Crippen LogP contribution is -2.37. The second-order valence-corrected chi connectivity index (χ2v) is 8.96. The van der Waals surface area contributed by atoms with Crippen molar-refractivity contribution in [3.05, 3.63) is 28.7 Å². The fourth-order valence-electron chi connectivity index (χ4n) is 4.83. The number of halogens is 3. The van der Waals surface area contributed by atoms with E-state index in [2.05, 4.69) is 20.6 Å². The molecule has 1 unspecified atom stereocenters. The number of hydrogen-bond donors (Lipinski definition) is 2. The summed E-state index contributed by atoms with van der Waals surface area (Å²) in [5.41, 5.74) is 2.57. The molecule has 29 heavy (non-hydrogen) atoms. The topological polar surface area (TPSA) is 54.8 Å². The monoisotopic (exact) mass is 423 g/mol. The number of nitrogens with zero attached hydrogens (tertiary/aromatic N) is 3. The van der Waals surface area contributed by atoms with E-state index in [9.17, 15) is 13.2 Å². The summed E-state index contributed by atoms with van der Waals surface area (Å²) in [6, 6.07) is -1.74. The molecule has 3 aliphatic rings. The molecule has 2 aromatic rings. The molecule has 2 N–H and O–H groups in total. The molecule has 9 heteroatoms. The van der Waals surface area contributed by atoms with Crippen LogP contribution < -0.4 is 10.6 Å². The Morgan fingerprint density at radius 1 is 1.21 bits per heavy atom. The average Bonchev–Trinajstić information content (AvgIpc) is 3.43. The van der Waals surface area contributed by atoms with Gasteiger partial charge in [0.1, 0.15) is 0 Å². The van der Waals surface area contributed by atoms with Gasteiger partial charge in [0.15, 0.2) is 16.9 Å². The molecule has 1 atom stereocenters. The molecule has 5 rings (SSSR count). The number of nitrogens with one attached hydrogen (secondary N) is 2. The number of piperidine rings is 1. The van der Waals surface area contributed by atoms with Crippen LogP contribution in [0.1, 0.15) is 56.0 Å². The van der Waals surface area contributed by atoms with Gasteiger partial charge in [0.05, 0.1) is 11.4 Å². The van der Waals surface area contributed by atoms with Crippen molar-refractivity contribution in [1.29, 1.82) is 0 Å². The third-order valence-electron chi connectivity index (χ3n) is 6.26. The fraction of sp³-hybridized carbons (Fsp3) is 0.600. The normalized spacial score (nSPS) is 22.5. The highest BCUT2D eigenvalue weighted by Gasteiger charge is 2.48. The van der Waals surface area contributed by atoms with Crippen LogP contribution in [0, 0.1) is 5.92 Å². The van der Waals surface area contributed by atoms with E-state index in [1.165, 1.54) is 11.3 Å². The maximum atomic E-state index is 13.9. The lowest BCUT2D eigenvalue weighted by molar-refractivity contribution is -0.157. The first-order chi connectivity index (χ1) is 14.0. The molecule has 5 nitrogen and oxygen atoms in total. The first-order valence-corrected chi connectivity index (χ1v) is 11.2. The number of fused-ring (bicyclic) bond motifs is 2. The lowest BCUT2D eigenvalue weighted by Gasteiger charge is -2.29. The summed E-state index contributed by atoms with van der Waals surface area (Å²) in [5, 5.41) is 8.67. The number of imidazole rings is 1. The third kappa shape index (κ3) is 3.48. The number of aromatic nitrogens is 3. The highest BCUT2D eigenvalue weighted by Crippen LogP contribution is 2.47. The number of alkyl halides is 3. The van der Waals surface area contributed by atoms with E-state index in [0.717, 1.165) is 56.5 Å². The Morgan fingerprint density at radius 3 is 2.76 bits per heavy atom. The van der Waals surface area contributed by atoms with Gasteiger partial charge in [0.2, 0.25) is 0 Å². The summed E-state index contributed by atoms with van der Waals surface area (Å²) in [6.45, 7) is 2.71. The first kappa shape index (κ1) is 19.1. The Morgan fingerprint density at radius 2 is 2.03 bits per heavy atom. The summed E-state index contributed by atoms with van der Waals surface area (Å²) < 4.78 is 43.7. The van der Waals surface area contributed by atoms with Gasteiger partial charge in [-0.2, -0.15) is 13.2 Å². The van der Waals surface area contributed by atoms with Gasteiger partial charge >= 0.3 is 6.18 Å². The minimum Gasteiger partial charge on any atom is -0.372 e. The van der Waals surface area contributed by atoms with E-state index in [1.807, 2.05) is 9.95 Å². The molecule has 2 aromatic heterocycles. The van der Waals surface area contributed by atoms with Crippen LogP contribution in [0.15, 0.2) is 17.3 Å². The zero-order valence-electron chi connectivity index (χ0n) is 16.1. The molecule has 0 saturated carbocycles. The maximum absolute atomic E-state index is 13.9. The first-order valence-electron chi connectivity index (χ1n) is 10.3. The standard InChI is InChI=1S/C20H24F3N5S/c21-20(22,23)17-15-16(13-2-1-3-14(13)26-17)28(10-6-12-4-7-24-8-5-12)18(27-15)19-25-9-11-29-19/h9,11-12,17,24,26H,1-8,10H2. The Bertz CT molecular complexity index is 909. The number of rotatable bonds is 4. The molecule has 0 radical (unpaired) electrons. The quantitative estimate of drug-likeness (QED) is 0.761. The molecule has 1 aliphatic carbocycles. The Balaban J connectivity index is 1.59. The summed E-state index contributed by atoms with van der Waals surface area (Å²) in [5.74, 6) is 1.17. The van der Waals surface area contributed by atoms with E-state index in [1.54, 1.807) is 6.20 Å². The zero-order chi connectivity index (χ0) is 20.0. The van der Waals surface area contributed by atoms with E-state index >= 15 is 0 Å². The predicted molar refractivity (Wildman–Crippen MR) is 106 cm³/mol. The molecule has 4 heterocycles. The van der Waals surface area contributed by atoms with Gasteiger partial charge in [-0.3, -0.25) is 0 Å². The second kappa shape index (κ2) is 7.43. The fourth-order valence-corrected chi connectivity index (χ4v) is 5.46. The predicted octanol–water partition coefficient (Wildman–Crippen LogP) is 4.50.